The van der Waals surface area contributed by atoms with Crippen molar-refractivity contribution in [3.8, 4) is 50.8 Å². The summed E-state index contributed by atoms with van der Waals surface area (Å²) in [4.78, 5) is 3.70. The number of hydrogen-bond acceptors (Lipinski definition) is 1. The highest BCUT2D eigenvalue weighted by Gasteiger charge is 2.41. The van der Waals surface area contributed by atoms with Gasteiger partial charge in [-0.25, -0.2) is 4.85 Å². The second-order valence-corrected chi connectivity index (χ2v) is 17.9. The van der Waals surface area contributed by atoms with Gasteiger partial charge in [0.25, 0.3) is 6.71 Å². The van der Waals surface area contributed by atoms with E-state index in [9.17, 15) is 0 Å². The molecular formula is C61H35BN4O. The van der Waals surface area contributed by atoms with Crippen LogP contribution >= 0.6 is 0 Å². The van der Waals surface area contributed by atoms with Crippen LogP contribution in [0.1, 0.15) is 0 Å². The monoisotopic (exact) mass is 850 g/mol. The lowest BCUT2D eigenvalue weighted by Crippen LogP contribution is -2.58. The molecule has 6 heteroatoms. The van der Waals surface area contributed by atoms with Crippen molar-refractivity contribution >= 4 is 94.2 Å². The number of nitrogens with zero attached hydrogens (tertiary/aromatic N) is 4. The van der Waals surface area contributed by atoms with Gasteiger partial charge in [0.2, 0.25) is 0 Å². The molecule has 0 spiro atoms. The summed E-state index contributed by atoms with van der Waals surface area (Å²) in [6, 6.07) is 76.8. The number of para-hydroxylation sites is 4. The van der Waals surface area contributed by atoms with Gasteiger partial charge in [-0.15, -0.1) is 0 Å². The molecule has 2 aliphatic heterocycles. The Balaban J connectivity index is 1.09. The topological polar surface area (TPSA) is 28.4 Å². The molecule has 67 heavy (non-hydrogen) atoms. The van der Waals surface area contributed by atoms with Crippen molar-refractivity contribution in [3.63, 3.8) is 0 Å². The third-order valence-corrected chi connectivity index (χ3v) is 14.5. The van der Waals surface area contributed by atoms with E-state index in [1.807, 2.05) is 12.1 Å². The molecule has 308 valence electrons. The SMILES string of the molecule is [C-]#[N+]c1ccc(-c2cc3c4c(c2)-n2c5ccc(-n6c7ccccc7c7ccccc76)cc5c5cc(-n6c7ccccc7c7ccccc76)cc(c52)B4c2cc(-c4ccccc4)ccc2O3)cc1. The number of hydrogen-bond donors (Lipinski definition) is 0. The molecular weight excluding hydrogens is 816 g/mol. The predicted octanol–water partition coefficient (Wildman–Crippen LogP) is 13.8. The zero-order valence-corrected chi connectivity index (χ0v) is 36.0. The molecule has 0 fully saturated rings. The minimum absolute atomic E-state index is 0.139. The first-order valence-corrected chi connectivity index (χ1v) is 22.8. The fourth-order valence-corrected chi connectivity index (χ4v) is 11.6. The Labute approximate surface area is 385 Å². The van der Waals surface area contributed by atoms with E-state index in [1.54, 1.807) is 0 Å². The van der Waals surface area contributed by atoms with Crippen LogP contribution in [0.5, 0.6) is 11.5 Å². The van der Waals surface area contributed by atoms with Crippen molar-refractivity contribution in [2.24, 2.45) is 0 Å². The van der Waals surface area contributed by atoms with E-state index in [4.69, 9.17) is 11.3 Å². The molecule has 0 saturated heterocycles. The Morgan fingerprint density at radius 1 is 0.373 bits per heavy atom. The van der Waals surface area contributed by atoms with Crippen molar-refractivity contribution in [2.45, 2.75) is 0 Å². The molecule has 5 nitrogen and oxygen atoms in total. The zero-order valence-electron chi connectivity index (χ0n) is 36.0. The summed E-state index contributed by atoms with van der Waals surface area (Å²) in [7, 11) is 0. The normalized spacial score (nSPS) is 12.6. The average Bonchev–Trinajstić information content (AvgIpc) is 4.03. The van der Waals surface area contributed by atoms with E-state index in [-0.39, 0.29) is 6.71 Å². The van der Waals surface area contributed by atoms with E-state index in [0.717, 1.165) is 61.7 Å². The van der Waals surface area contributed by atoms with Crippen LogP contribution in [0, 0.1) is 6.57 Å². The lowest BCUT2D eigenvalue weighted by molar-refractivity contribution is 0.487. The fourth-order valence-electron chi connectivity index (χ4n) is 11.6. The van der Waals surface area contributed by atoms with Crippen molar-refractivity contribution in [2.75, 3.05) is 0 Å². The van der Waals surface area contributed by atoms with Crippen LogP contribution in [0.4, 0.5) is 5.69 Å². The second kappa shape index (κ2) is 13.5. The third kappa shape index (κ3) is 5.03. The van der Waals surface area contributed by atoms with Gasteiger partial charge in [-0.05, 0) is 111 Å². The van der Waals surface area contributed by atoms with Crippen LogP contribution in [0.2, 0.25) is 0 Å². The molecule has 0 saturated carbocycles. The maximum absolute atomic E-state index is 7.65. The number of fused-ring (bicyclic) bond motifs is 13. The summed E-state index contributed by atoms with van der Waals surface area (Å²) >= 11 is 0. The average molecular weight is 851 g/mol. The summed E-state index contributed by atoms with van der Waals surface area (Å²) in [5.74, 6) is 1.70. The van der Waals surface area contributed by atoms with Crippen molar-refractivity contribution < 1.29 is 4.74 Å². The minimum atomic E-state index is -0.139. The van der Waals surface area contributed by atoms with Gasteiger partial charge in [-0.1, -0.05) is 140 Å². The molecule has 0 unspecified atom stereocenters. The second-order valence-electron chi connectivity index (χ2n) is 17.9. The quantitative estimate of drug-likeness (QED) is 0.128. The van der Waals surface area contributed by atoms with Crippen molar-refractivity contribution in [3.05, 3.63) is 224 Å². The van der Waals surface area contributed by atoms with Crippen molar-refractivity contribution in [1.29, 1.82) is 0 Å². The van der Waals surface area contributed by atoms with Gasteiger partial charge in [-0.3, -0.25) is 0 Å². The molecule has 0 radical (unpaired) electrons. The molecule has 13 aromatic rings. The molecule has 0 amide bonds. The summed E-state index contributed by atoms with van der Waals surface area (Å²) in [6.45, 7) is 7.51. The number of ether oxygens (including phenoxy) is 1. The Morgan fingerprint density at radius 3 is 1.57 bits per heavy atom. The lowest BCUT2D eigenvalue weighted by Gasteiger charge is -2.34. The van der Waals surface area contributed by atoms with Gasteiger partial charge in [0.15, 0.2) is 5.69 Å². The molecule has 2 aliphatic rings. The van der Waals surface area contributed by atoms with Gasteiger partial charge in [0.05, 0.1) is 34.2 Å². The van der Waals surface area contributed by atoms with E-state index in [0.29, 0.717) is 5.69 Å². The first-order valence-electron chi connectivity index (χ1n) is 22.8. The standard InChI is InChI=1S/C61H35BN4O/c1-63-41-26-23-38(24-27-41)40-32-57-60-59(33-40)67-58-30-25-39(37-13-3-2-4-14-37)31-50(58)62(60)51-36-43(65-54-21-11-7-17-46(54)47-18-8-12-22-55(47)65)35-49-48-34-42(28-29-56(48)66(57)61(49)51)64-52-19-9-5-15-44(52)45-16-6-10-20-53(45)64/h2-36H. The Morgan fingerprint density at radius 2 is 0.925 bits per heavy atom. The van der Waals surface area contributed by atoms with E-state index in [1.165, 1.54) is 70.9 Å². The minimum Gasteiger partial charge on any atom is -0.458 e. The van der Waals surface area contributed by atoms with Gasteiger partial charge in [-0.2, -0.15) is 0 Å². The van der Waals surface area contributed by atoms with Gasteiger partial charge < -0.3 is 18.4 Å². The largest absolute Gasteiger partial charge is 0.458 e. The highest BCUT2D eigenvalue weighted by atomic mass is 16.5. The summed E-state index contributed by atoms with van der Waals surface area (Å²) in [5.41, 5.74) is 18.9. The molecule has 0 aliphatic carbocycles. The van der Waals surface area contributed by atoms with Crippen LogP contribution in [0.15, 0.2) is 212 Å². The zero-order chi connectivity index (χ0) is 43.9. The van der Waals surface area contributed by atoms with Crippen molar-refractivity contribution in [1.82, 2.24) is 13.7 Å². The molecule has 5 heterocycles. The van der Waals surface area contributed by atoms with Crippen LogP contribution in [0.25, 0.3) is 110 Å². The Kier molecular flexibility index (Phi) is 7.31. The first kappa shape index (κ1) is 36.3. The summed E-state index contributed by atoms with van der Waals surface area (Å²) in [5, 5.41) is 7.31. The molecule has 0 atom stereocenters. The Bertz CT molecular complexity index is 4210. The number of aromatic nitrogens is 3. The summed E-state index contributed by atoms with van der Waals surface area (Å²) in [6.07, 6.45) is 0. The smallest absolute Gasteiger partial charge is 0.256 e. The van der Waals surface area contributed by atoms with E-state index < -0.39 is 0 Å². The molecule has 0 N–H and O–H groups in total. The lowest BCUT2D eigenvalue weighted by atomic mass is 9.34. The van der Waals surface area contributed by atoms with Crippen LogP contribution in [-0.4, -0.2) is 20.4 Å². The van der Waals surface area contributed by atoms with Gasteiger partial charge in [0.1, 0.15) is 11.5 Å². The molecule has 3 aromatic heterocycles. The third-order valence-electron chi connectivity index (χ3n) is 14.5. The van der Waals surface area contributed by atoms with E-state index >= 15 is 0 Å². The first-order chi connectivity index (χ1) is 33.2. The van der Waals surface area contributed by atoms with Crippen LogP contribution in [0.3, 0.4) is 0 Å². The predicted molar refractivity (Wildman–Crippen MR) is 278 cm³/mol. The fraction of sp³-hybridized carbons (Fsp3) is 0. The molecule has 15 rings (SSSR count). The van der Waals surface area contributed by atoms with Gasteiger partial charge >= 0.3 is 0 Å². The van der Waals surface area contributed by atoms with Crippen LogP contribution < -0.4 is 21.1 Å². The van der Waals surface area contributed by atoms with Gasteiger partial charge in [0, 0.05) is 54.9 Å². The maximum Gasteiger partial charge on any atom is 0.256 e. The summed E-state index contributed by atoms with van der Waals surface area (Å²) < 4.78 is 14.5. The number of rotatable bonds is 4. The number of benzene rings is 10. The highest BCUT2D eigenvalue weighted by Crippen LogP contribution is 2.43. The molecule has 0 bridgehead atoms. The van der Waals surface area contributed by atoms with Crippen LogP contribution in [-0.2, 0) is 0 Å². The van der Waals surface area contributed by atoms with E-state index in [2.05, 4.69) is 219 Å². The Hall–Kier alpha value is -9.05. The maximum atomic E-state index is 7.65. The highest BCUT2D eigenvalue weighted by molar-refractivity contribution is 6.99. The molecule has 10 aromatic carbocycles.